The minimum absolute atomic E-state index is 0.232. The number of rotatable bonds is 6. The van der Waals surface area contributed by atoms with Crippen molar-refractivity contribution in [1.29, 1.82) is 0 Å². The van der Waals surface area contributed by atoms with Crippen molar-refractivity contribution in [3.8, 4) is 0 Å². The van der Waals surface area contributed by atoms with Crippen molar-refractivity contribution in [3.63, 3.8) is 0 Å². The van der Waals surface area contributed by atoms with E-state index >= 15 is 0 Å². The highest BCUT2D eigenvalue weighted by Gasteiger charge is 1.93. The van der Waals surface area contributed by atoms with E-state index in [4.69, 9.17) is 9.84 Å². The third-order valence-corrected chi connectivity index (χ3v) is 1.66. The molecule has 0 amide bonds. The zero-order chi connectivity index (χ0) is 7.82. The standard InChI is InChI=1S/C7H15BrO2/c1-7(9)3-6-10-5-2-4-8/h7,9H,2-6H2,1H3/t7-/m1/s1. The summed E-state index contributed by atoms with van der Waals surface area (Å²) >= 11 is 3.30. The van der Waals surface area contributed by atoms with Gasteiger partial charge in [-0.25, -0.2) is 0 Å². The molecule has 62 valence electrons. The fraction of sp³-hybridized carbons (Fsp3) is 1.00. The Kier molecular flexibility index (Phi) is 7.81. The van der Waals surface area contributed by atoms with Crippen molar-refractivity contribution in [2.75, 3.05) is 18.5 Å². The summed E-state index contributed by atoms with van der Waals surface area (Å²) < 4.78 is 5.19. The number of hydrogen-bond donors (Lipinski definition) is 1. The van der Waals surface area contributed by atoms with Crippen molar-refractivity contribution in [1.82, 2.24) is 0 Å². The largest absolute Gasteiger partial charge is 0.393 e. The smallest absolute Gasteiger partial charge is 0.0534 e. The highest BCUT2D eigenvalue weighted by molar-refractivity contribution is 9.09. The molecule has 0 aliphatic rings. The number of aliphatic hydroxyl groups is 1. The Morgan fingerprint density at radius 2 is 2.20 bits per heavy atom. The average molecular weight is 211 g/mol. The molecule has 0 unspecified atom stereocenters. The van der Waals surface area contributed by atoms with Crippen molar-refractivity contribution < 1.29 is 9.84 Å². The van der Waals surface area contributed by atoms with Gasteiger partial charge >= 0.3 is 0 Å². The lowest BCUT2D eigenvalue weighted by atomic mass is 10.3. The number of halogens is 1. The molecule has 0 aromatic rings. The molecule has 1 atom stereocenters. The van der Waals surface area contributed by atoms with E-state index in [1.54, 1.807) is 6.92 Å². The summed E-state index contributed by atoms with van der Waals surface area (Å²) in [5, 5.41) is 9.81. The Morgan fingerprint density at radius 1 is 1.50 bits per heavy atom. The highest BCUT2D eigenvalue weighted by Crippen LogP contribution is 1.92. The van der Waals surface area contributed by atoms with Gasteiger partial charge in [0.15, 0.2) is 0 Å². The second-order valence-corrected chi connectivity index (χ2v) is 3.09. The van der Waals surface area contributed by atoms with E-state index in [-0.39, 0.29) is 6.10 Å². The van der Waals surface area contributed by atoms with Crippen LogP contribution in [0.1, 0.15) is 19.8 Å². The van der Waals surface area contributed by atoms with Gasteiger partial charge in [-0.1, -0.05) is 15.9 Å². The summed E-state index contributed by atoms with van der Waals surface area (Å²) in [6.07, 6.45) is 1.55. The molecule has 0 heterocycles. The van der Waals surface area contributed by atoms with Gasteiger partial charge in [0.05, 0.1) is 6.10 Å². The molecular weight excluding hydrogens is 196 g/mol. The van der Waals surface area contributed by atoms with Crippen molar-refractivity contribution in [2.45, 2.75) is 25.9 Å². The van der Waals surface area contributed by atoms with E-state index in [1.165, 1.54) is 0 Å². The average Bonchev–Trinajstić information content (AvgIpc) is 1.87. The quantitative estimate of drug-likeness (QED) is 0.533. The van der Waals surface area contributed by atoms with Crippen LogP contribution in [0.5, 0.6) is 0 Å². The minimum atomic E-state index is -0.232. The number of ether oxygens (including phenoxy) is 1. The molecule has 0 bridgehead atoms. The Balaban J connectivity index is 2.77. The molecule has 0 aromatic heterocycles. The molecule has 0 saturated heterocycles. The molecule has 0 radical (unpaired) electrons. The zero-order valence-corrected chi connectivity index (χ0v) is 7.93. The van der Waals surface area contributed by atoms with Crippen LogP contribution in [-0.4, -0.2) is 29.8 Å². The second-order valence-electron chi connectivity index (χ2n) is 2.29. The van der Waals surface area contributed by atoms with Crippen LogP contribution in [0.15, 0.2) is 0 Å². The molecule has 0 aromatic carbocycles. The molecule has 0 spiro atoms. The lowest BCUT2D eigenvalue weighted by Crippen LogP contribution is -2.06. The molecular formula is C7H15BrO2. The maximum absolute atomic E-state index is 8.82. The third kappa shape index (κ3) is 8.40. The Bertz CT molecular complexity index is 66.6. The van der Waals surface area contributed by atoms with Crippen LogP contribution in [-0.2, 0) is 4.74 Å². The first-order valence-electron chi connectivity index (χ1n) is 3.59. The van der Waals surface area contributed by atoms with Gasteiger partial charge in [0.2, 0.25) is 0 Å². The summed E-state index contributed by atoms with van der Waals surface area (Å²) in [6, 6.07) is 0. The van der Waals surface area contributed by atoms with Gasteiger partial charge in [-0.3, -0.25) is 0 Å². The zero-order valence-electron chi connectivity index (χ0n) is 6.35. The summed E-state index contributed by atoms with van der Waals surface area (Å²) in [5.74, 6) is 0. The second kappa shape index (κ2) is 7.51. The van der Waals surface area contributed by atoms with Gasteiger partial charge in [-0.15, -0.1) is 0 Å². The molecule has 3 heteroatoms. The molecule has 0 saturated carbocycles. The van der Waals surface area contributed by atoms with Crippen LogP contribution in [0.4, 0.5) is 0 Å². The molecule has 0 rings (SSSR count). The van der Waals surface area contributed by atoms with Crippen LogP contribution in [0, 0.1) is 0 Å². The Labute approximate surface area is 70.7 Å². The Morgan fingerprint density at radius 3 is 2.70 bits per heavy atom. The van der Waals surface area contributed by atoms with Gasteiger partial charge in [-0.2, -0.15) is 0 Å². The topological polar surface area (TPSA) is 29.5 Å². The normalized spacial score (nSPS) is 13.5. The molecule has 10 heavy (non-hydrogen) atoms. The summed E-state index contributed by atoms with van der Waals surface area (Å²) in [7, 11) is 0. The van der Waals surface area contributed by atoms with Crippen LogP contribution < -0.4 is 0 Å². The van der Waals surface area contributed by atoms with Gasteiger partial charge < -0.3 is 9.84 Å². The maximum Gasteiger partial charge on any atom is 0.0534 e. The van der Waals surface area contributed by atoms with E-state index in [2.05, 4.69) is 15.9 Å². The lowest BCUT2D eigenvalue weighted by Gasteiger charge is -2.03. The minimum Gasteiger partial charge on any atom is -0.393 e. The molecule has 0 aliphatic heterocycles. The molecule has 0 fully saturated rings. The van der Waals surface area contributed by atoms with Gasteiger partial charge in [0, 0.05) is 18.5 Å². The van der Waals surface area contributed by atoms with Crippen molar-refractivity contribution >= 4 is 15.9 Å². The lowest BCUT2D eigenvalue weighted by molar-refractivity contribution is 0.0902. The maximum atomic E-state index is 8.82. The number of hydrogen-bond acceptors (Lipinski definition) is 2. The van der Waals surface area contributed by atoms with Gasteiger partial charge in [0.1, 0.15) is 0 Å². The SMILES string of the molecule is C[C@@H](O)CCOCCCBr. The fourth-order valence-electron chi connectivity index (χ4n) is 0.513. The van der Waals surface area contributed by atoms with Gasteiger partial charge in [-0.05, 0) is 19.8 Å². The van der Waals surface area contributed by atoms with Crippen LogP contribution >= 0.6 is 15.9 Å². The molecule has 2 nitrogen and oxygen atoms in total. The number of alkyl halides is 1. The summed E-state index contributed by atoms with van der Waals surface area (Å²) in [4.78, 5) is 0. The first kappa shape index (κ1) is 10.4. The van der Waals surface area contributed by atoms with Crippen molar-refractivity contribution in [2.24, 2.45) is 0 Å². The van der Waals surface area contributed by atoms with Crippen LogP contribution in [0.3, 0.4) is 0 Å². The first-order valence-corrected chi connectivity index (χ1v) is 4.71. The monoisotopic (exact) mass is 210 g/mol. The van der Waals surface area contributed by atoms with Crippen LogP contribution in [0.2, 0.25) is 0 Å². The Hall–Kier alpha value is 0.400. The van der Waals surface area contributed by atoms with E-state index in [9.17, 15) is 0 Å². The fourth-order valence-corrected chi connectivity index (χ4v) is 0.741. The van der Waals surface area contributed by atoms with Crippen LogP contribution in [0.25, 0.3) is 0 Å². The van der Waals surface area contributed by atoms with E-state index in [1.807, 2.05) is 0 Å². The molecule has 0 aliphatic carbocycles. The third-order valence-electron chi connectivity index (χ3n) is 1.10. The predicted molar refractivity (Wildman–Crippen MR) is 45.5 cm³/mol. The highest BCUT2D eigenvalue weighted by atomic mass is 79.9. The van der Waals surface area contributed by atoms with Crippen molar-refractivity contribution in [3.05, 3.63) is 0 Å². The summed E-state index contributed by atoms with van der Waals surface area (Å²) in [6.45, 7) is 3.23. The molecule has 1 N–H and O–H groups in total. The van der Waals surface area contributed by atoms with E-state index in [0.29, 0.717) is 6.61 Å². The van der Waals surface area contributed by atoms with E-state index < -0.39 is 0 Å². The van der Waals surface area contributed by atoms with E-state index in [0.717, 1.165) is 24.8 Å². The predicted octanol–water partition coefficient (Wildman–Crippen LogP) is 1.56. The van der Waals surface area contributed by atoms with Gasteiger partial charge in [0.25, 0.3) is 0 Å². The first-order chi connectivity index (χ1) is 4.77. The number of aliphatic hydroxyl groups excluding tert-OH is 1. The summed E-state index contributed by atoms with van der Waals surface area (Å²) in [5.41, 5.74) is 0.